The van der Waals surface area contributed by atoms with E-state index in [1.165, 1.54) is 6.92 Å². The van der Waals surface area contributed by atoms with Gasteiger partial charge in [0.2, 0.25) is 0 Å². The molecule has 0 aliphatic carbocycles. The van der Waals surface area contributed by atoms with Gasteiger partial charge in [0, 0.05) is 18.7 Å². The van der Waals surface area contributed by atoms with Crippen LogP contribution in [0, 0.1) is 12.8 Å². The van der Waals surface area contributed by atoms with Crippen LogP contribution in [0.15, 0.2) is 24.3 Å². The summed E-state index contributed by atoms with van der Waals surface area (Å²) >= 11 is 0. The number of phenolic OH excluding ortho intramolecular Hbond substituents is 1. The minimum Gasteiger partial charge on any atom is -0.507 e. The van der Waals surface area contributed by atoms with Crippen molar-refractivity contribution in [3.63, 3.8) is 0 Å². The fourth-order valence-corrected chi connectivity index (χ4v) is 3.83. The molecule has 1 aromatic heterocycles. The van der Waals surface area contributed by atoms with Gasteiger partial charge in [0.15, 0.2) is 0 Å². The molecule has 1 atom stereocenters. The highest BCUT2D eigenvalue weighted by molar-refractivity contribution is 5.71. The lowest BCUT2D eigenvalue weighted by atomic mass is 9.93. The molecule has 0 saturated carbocycles. The lowest BCUT2D eigenvalue weighted by Gasteiger charge is -2.32. The fraction of sp³-hybridized carbons (Fsp3) is 0.500. The molecule has 0 unspecified atom stereocenters. The van der Waals surface area contributed by atoms with Crippen LogP contribution in [-0.4, -0.2) is 51.6 Å². The van der Waals surface area contributed by atoms with Gasteiger partial charge >= 0.3 is 6.18 Å². The lowest BCUT2D eigenvalue weighted by Crippen LogP contribution is -2.38. The SMILES string of the molecule is Cc1cc(C(F)(F)F)cc(O)c1-c1ccc(C[C@@H]2CCCN(CCO)C2)nn1. The number of aromatic hydroxyl groups is 1. The number of rotatable bonds is 5. The van der Waals surface area contributed by atoms with Gasteiger partial charge in [0.25, 0.3) is 0 Å². The molecular formula is C20H24F3N3O2. The molecule has 1 aliphatic rings. The fourth-order valence-electron chi connectivity index (χ4n) is 3.83. The highest BCUT2D eigenvalue weighted by atomic mass is 19.4. The van der Waals surface area contributed by atoms with E-state index in [0.717, 1.165) is 50.2 Å². The van der Waals surface area contributed by atoms with Gasteiger partial charge in [-0.2, -0.15) is 23.4 Å². The molecule has 8 heteroatoms. The van der Waals surface area contributed by atoms with Gasteiger partial charge in [-0.05, 0) is 68.5 Å². The number of hydrogen-bond donors (Lipinski definition) is 2. The maximum Gasteiger partial charge on any atom is 0.416 e. The van der Waals surface area contributed by atoms with Gasteiger partial charge in [-0.3, -0.25) is 0 Å². The van der Waals surface area contributed by atoms with Crippen molar-refractivity contribution in [2.24, 2.45) is 5.92 Å². The van der Waals surface area contributed by atoms with E-state index in [9.17, 15) is 18.3 Å². The van der Waals surface area contributed by atoms with Gasteiger partial charge in [-0.15, -0.1) is 0 Å². The number of aliphatic hydroxyl groups is 1. The van der Waals surface area contributed by atoms with Crippen LogP contribution in [0.25, 0.3) is 11.3 Å². The molecule has 28 heavy (non-hydrogen) atoms. The lowest BCUT2D eigenvalue weighted by molar-refractivity contribution is -0.137. The molecule has 1 fully saturated rings. The number of nitrogens with zero attached hydrogens (tertiary/aromatic N) is 3. The molecule has 0 amide bonds. The summed E-state index contributed by atoms with van der Waals surface area (Å²) in [5.41, 5.74) is 0.822. The first-order chi connectivity index (χ1) is 13.3. The van der Waals surface area contributed by atoms with E-state index in [0.29, 0.717) is 23.7 Å². The van der Waals surface area contributed by atoms with Crippen molar-refractivity contribution < 1.29 is 23.4 Å². The monoisotopic (exact) mass is 395 g/mol. The van der Waals surface area contributed by atoms with E-state index in [1.54, 1.807) is 6.07 Å². The molecule has 1 aromatic carbocycles. The molecule has 0 spiro atoms. The predicted molar refractivity (Wildman–Crippen MR) is 98.8 cm³/mol. The molecule has 2 heterocycles. The molecule has 1 aliphatic heterocycles. The Bertz CT molecular complexity index is 784. The zero-order valence-electron chi connectivity index (χ0n) is 15.7. The third-order valence-corrected chi connectivity index (χ3v) is 5.14. The Morgan fingerprint density at radius 2 is 2.00 bits per heavy atom. The Morgan fingerprint density at radius 1 is 1.21 bits per heavy atom. The first-order valence-corrected chi connectivity index (χ1v) is 9.35. The van der Waals surface area contributed by atoms with Crippen molar-refractivity contribution in [1.29, 1.82) is 0 Å². The highest BCUT2D eigenvalue weighted by Crippen LogP contribution is 2.38. The van der Waals surface area contributed by atoms with Crippen molar-refractivity contribution >= 4 is 0 Å². The molecule has 0 radical (unpaired) electrons. The zero-order valence-corrected chi connectivity index (χ0v) is 15.7. The van der Waals surface area contributed by atoms with Gasteiger partial charge in [0.05, 0.1) is 23.6 Å². The van der Waals surface area contributed by atoms with E-state index in [2.05, 4.69) is 15.1 Å². The van der Waals surface area contributed by atoms with Crippen LogP contribution in [-0.2, 0) is 12.6 Å². The van der Waals surface area contributed by atoms with E-state index < -0.39 is 17.5 Å². The predicted octanol–water partition coefficient (Wildman–Crippen LogP) is 3.42. The summed E-state index contributed by atoms with van der Waals surface area (Å²) in [6.45, 7) is 4.24. The molecule has 5 nitrogen and oxygen atoms in total. The largest absolute Gasteiger partial charge is 0.507 e. The number of aromatic nitrogens is 2. The normalized spacial score (nSPS) is 18.4. The van der Waals surface area contributed by atoms with Crippen LogP contribution in [0.5, 0.6) is 5.75 Å². The molecular weight excluding hydrogens is 371 g/mol. The third kappa shape index (κ3) is 4.80. The average Bonchev–Trinajstić information content (AvgIpc) is 2.62. The number of piperidine rings is 1. The highest BCUT2D eigenvalue weighted by Gasteiger charge is 2.32. The number of phenols is 1. The van der Waals surface area contributed by atoms with Crippen molar-refractivity contribution in [1.82, 2.24) is 15.1 Å². The van der Waals surface area contributed by atoms with Crippen LogP contribution in [0.4, 0.5) is 13.2 Å². The first kappa shape index (κ1) is 20.5. The van der Waals surface area contributed by atoms with E-state index in [4.69, 9.17) is 5.11 Å². The summed E-state index contributed by atoms with van der Waals surface area (Å²) in [6, 6.07) is 5.22. The summed E-state index contributed by atoms with van der Waals surface area (Å²) in [5.74, 6) is -0.0250. The molecule has 152 valence electrons. The van der Waals surface area contributed by atoms with Crippen LogP contribution in [0.3, 0.4) is 0 Å². The van der Waals surface area contributed by atoms with Crippen molar-refractivity contribution in [3.05, 3.63) is 41.1 Å². The van der Waals surface area contributed by atoms with E-state index >= 15 is 0 Å². The Labute approximate surface area is 161 Å². The van der Waals surface area contributed by atoms with Crippen molar-refractivity contribution in [2.45, 2.75) is 32.4 Å². The first-order valence-electron chi connectivity index (χ1n) is 9.35. The maximum atomic E-state index is 12.9. The second kappa shape index (κ2) is 8.45. The number of likely N-dealkylation sites (tertiary alicyclic amines) is 1. The molecule has 3 rings (SSSR count). The van der Waals surface area contributed by atoms with E-state index in [-0.39, 0.29) is 12.2 Å². The quantitative estimate of drug-likeness (QED) is 0.812. The topological polar surface area (TPSA) is 69.5 Å². The summed E-state index contributed by atoms with van der Waals surface area (Å²) in [6.07, 6.45) is -1.59. The van der Waals surface area contributed by atoms with Crippen LogP contribution >= 0.6 is 0 Å². The van der Waals surface area contributed by atoms with Gasteiger partial charge in [-0.1, -0.05) is 0 Å². The number of alkyl halides is 3. The Kier molecular flexibility index (Phi) is 6.20. The maximum absolute atomic E-state index is 12.9. The molecule has 1 saturated heterocycles. The number of benzene rings is 1. The second-order valence-corrected chi connectivity index (χ2v) is 7.33. The van der Waals surface area contributed by atoms with Gasteiger partial charge in [-0.25, -0.2) is 0 Å². The van der Waals surface area contributed by atoms with Gasteiger partial charge in [0.1, 0.15) is 5.75 Å². The van der Waals surface area contributed by atoms with Crippen molar-refractivity contribution in [3.8, 4) is 17.0 Å². The van der Waals surface area contributed by atoms with Crippen LogP contribution in [0.2, 0.25) is 0 Å². The smallest absolute Gasteiger partial charge is 0.416 e. The summed E-state index contributed by atoms with van der Waals surface area (Å²) in [7, 11) is 0. The minimum atomic E-state index is -4.51. The Hall–Kier alpha value is -2.19. The number of aryl methyl sites for hydroxylation is 1. The minimum absolute atomic E-state index is 0.150. The summed E-state index contributed by atoms with van der Waals surface area (Å²) in [5, 5.41) is 27.6. The third-order valence-electron chi connectivity index (χ3n) is 5.14. The molecule has 2 N–H and O–H groups in total. The number of hydrogen-bond acceptors (Lipinski definition) is 5. The summed E-state index contributed by atoms with van der Waals surface area (Å²) < 4.78 is 38.6. The molecule has 2 aromatic rings. The van der Waals surface area contributed by atoms with Crippen LogP contribution in [0.1, 0.15) is 29.7 Å². The molecule has 0 bridgehead atoms. The Morgan fingerprint density at radius 3 is 2.61 bits per heavy atom. The number of β-amino-alcohol motifs (C(OH)–C–C–N with tert-alkyl or cyclic N) is 1. The number of aliphatic hydroxyl groups excluding tert-OH is 1. The number of halogens is 3. The summed E-state index contributed by atoms with van der Waals surface area (Å²) in [4.78, 5) is 2.24. The standard InChI is InChI=1S/C20H24F3N3O2/c1-13-9-15(20(21,22)23)11-18(28)19(13)17-5-4-16(24-25-17)10-14-3-2-6-26(12-14)7-8-27/h4-5,9,11,14,27-28H,2-3,6-8,10,12H2,1H3/t14-/m0/s1. The Balaban J connectivity index is 1.74. The average molecular weight is 395 g/mol. The van der Waals surface area contributed by atoms with Crippen molar-refractivity contribution in [2.75, 3.05) is 26.2 Å². The van der Waals surface area contributed by atoms with Crippen LogP contribution < -0.4 is 0 Å². The second-order valence-electron chi connectivity index (χ2n) is 7.33. The van der Waals surface area contributed by atoms with Gasteiger partial charge < -0.3 is 15.1 Å². The van der Waals surface area contributed by atoms with E-state index in [1.807, 2.05) is 6.07 Å². The zero-order chi connectivity index (χ0) is 20.3.